The monoisotopic (exact) mass is 321 g/mol. The summed E-state index contributed by atoms with van der Waals surface area (Å²) >= 11 is 0. The van der Waals surface area contributed by atoms with Crippen LogP contribution in [0.15, 0.2) is 30.3 Å². The molecule has 0 radical (unpaired) electrons. The van der Waals surface area contributed by atoms with Crippen LogP contribution in [0.3, 0.4) is 0 Å². The van der Waals surface area contributed by atoms with E-state index in [1.165, 1.54) is 6.92 Å². The molecule has 1 aromatic carbocycles. The lowest BCUT2D eigenvalue weighted by Gasteiger charge is -2.35. The Morgan fingerprint density at radius 2 is 1.78 bits per heavy atom. The number of hydrogen-bond donors (Lipinski definition) is 0. The van der Waals surface area contributed by atoms with E-state index in [-0.39, 0.29) is 18.1 Å². The summed E-state index contributed by atoms with van der Waals surface area (Å²) in [5, 5.41) is 0. The van der Waals surface area contributed by atoms with Gasteiger partial charge in [0, 0.05) is 13.0 Å². The molecule has 23 heavy (non-hydrogen) atoms. The highest BCUT2D eigenvalue weighted by molar-refractivity contribution is 5.66. The molecule has 0 heterocycles. The van der Waals surface area contributed by atoms with Crippen LogP contribution in [0.1, 0.15) is 46.1 Å². The summed E-state index contributed by atoms with van der Waals surface area (Å²) in [7, 11) is 0. The second-order valence-electron chi connectivity index (χ2n) is 5.73. The van der Waals surface area contributed by atoms with Gasteiger partial charge in [0.15, 0.2) is 0 Å². The molecule has 1 rings (SSSR count). The van der Waals surface area contributed by atoms with Crippen LogP contribution in [0.2, 0.25) is 0 Å². The molecular weight excluding hydrogens is 290 g/mol. The summed E-state index contributed by atoms with van der Waals surface area (Å²) in [4.78, 5) is 13.8. The highest BCUT2D eigenvalue weighted by Crippen LogP contribution is 2.16. The van der Waals surface area contributed by atoms with E-state index >= 15 is 0 Å². The van der Waals surface area contributed by atoms with Gasteiger partial charge in [-0.2, -0.15) is 0 Å². The summed E-state index contributed by atoms with van der Waals surface area (Å²) < 4.78 is 11.4. The lowest BCUT2D eigenvalue weighted by atomic mass is 10.0. The van der Waals surface area contributed by atoms with E-state index in [0.29, 0.717) is 13.2 Å². The molecule has 1 aromatic rings. The number of esters is 1. The normalized spacial score (nSPS) is 13.8. The van der Waals surface area contributed by atoms with E-state index in [9.17, 15) is 4.79 Å². The van der Waals surface area contributed by atoms with Crippen LogP contribution in [-0.2, 0) is 20.9 Å². The lowest BCUT2D eigenvalue weighted by molar-refractivity contribution is -0.154. The Labute approximate surface area is 140 Å². The van der Waals surface area contributed by atoms with Crippen molar-refractivity contribution in [1.82, 2.24) is 4.90 Å². The maximum absolute atomic E-state index is 11.5. The van der Waals surface area contributed by atoms with Crippen molar-refractivity contribution >= 4 is 5.97 Å². The van der Waals surface area contributed by atoms with Gasteiger partial charge in [-0.1, -0.05) is 57.5 Å². The van der Waals surface area contributed by atoms with E-state index in [2.05, 4.69) is 25.7 Å². The van der Waals surface area contributed by atoms with E-state index in [1.807, 2.05) is 30.3 Å². The highest BCUT2D eigenvalue weighted by Gasteiger charge is 2.28. The molecule has 2 atom stereocenters. The number of carbonyl (C=O) groups is 1. The Morgan fingerprint density at radius 3 is 2.30 bits per heavy atom. The van der Waals surface area contributed by atoms with Crippen molar-refractivity contribution in [2.24, 2.45) is 0 Å². The third-order valence-corrected chi connectivity index (χ3v) is 4.01. The summed E-state index contributed by atoms with van der Waals surface area (Å²) in [6.45, 7) is 10.8. The third kappa shape index (κ3) is 7.14. The van der Waals surface area contributed by atoms with Crippen molar-refractivity contribution < 1.29 is 14.3 Å². The molecule has 130 valence electrons. The van der Waals surface area contributed by atoms with E-state index in [0.717, 1.165) is 31.5 Å². The summed E-state index contributed by atoms with van der Waals surface area (Å²) in [6, 6.07) is 10.3. The molecule has 4 heteroatoms. The molecule has 0 unspecified atom stereocenters. The molecule has 0 aliphatic carbocycles. The van der Waals surface area contributed by atoms with E-state index < -0.39 is 0 Å². The molecule has 4 nitrogen and oxygen atoms in total. The molecule has 0 saturated carbocycles. The van der Waals surface area contributed by atoms with Crippen molar-refractivity contribution in [1.29, 1.82) is 0 Å². The van der Waals surface area contributed by atoms with Gasteiger partial charge in [0.05, 0.1) is 13.2 Å². The molecule has 0 aliphatic heterocycles. The number of benzene rings is 1. The number of nitrogens with zero attached hydrogens (tertiary/aromatic N) is 1. The van der Waals surface area contributed by atoms with Gasteiger partial charge < -0.3 is 9.47 Å². The average Bonchev–Trinajstić information content (AvgIpc) is 2.55. The van der Waals surface area contributed by atoms with E-state index in [1.54, 1.807) is 0 Å². The minimum absolute atomic E-state index is 0.203. The predicted octanol–water partition coefficient (Wildman–Crippen LogP) is 3.65. The lowest BCUT2D eigenvalue weighted by Crippen LogP contribution is -2.47. The molecule has 0 aliphatic rings. The molecule has 0 saturated heterocycles. The fraction of sp³-hybridized carbons (Fsp3) is 0.632. The zero-order chi connectivity index (χ0) is 17.1. The predicted molar refractivity (Wildman–Crippen MR) is 93.3 cm³/mol. The summed E-state index contributed by atoms with van der Waals surface area (Å²) in [5.74, 6) is -0.244. The molecule has 0 N–H and O–H groups in total. The first-order valence-corrected chi connectivity index (χ1v) is 8.65. The Morgan fingerprint density at radius 1 is 1.13 bits per heavy atom. The van der Waals surface area contributed by atoms with Crippen molar-refractivity contribution in [3.05, 3.63) is 35.9 Å². The second-order valence-corrected chi connectivity index (χ2v) is 5.73. The first kappa shape index (κ1) is 19.7. The van der Waals surface area contributed by atoms with Crippen molar-refractivity contribution in [3.63, 3.8) is 0 Å². The molecule has 0 amide bonds. The average molecular weight is 321 g/mol. The van der Waals surface area contributed by atoms with Gasteiger partial charge >= 0.3 is 5.97 Å². The second kappa shape index (κ2) is 11.2. The van der Waals surface area contributed by atoms with Crippen LogP contribution in [0.25, 0.3) is 0 Å². The van der Waals surface area contributed by atoms with Gasteiger partial charge in [-0.05, 0) is 25.1 Å². The van der Waals surface area contributed by atoms with Gasteiger partial charge in [-0.25, -0.2) is 0 Å². The summed E-state index contributed by atoms with van der Waals surface area (Å²) in [5.41, 5.74) is 1.13. The Bertz CT molecular complexity index is 432. The number of ether oxygens (including phenoxy) is 2. The third-order valence-electron chi connectivity index (χ3n) is 4.01. The standard InChI is InChI=1S/C19H31NO3/c1-5-11-18(20(6-2)7-3)19(23-16(4)21)15-22-14-17-12-9-8-10-13-17/h8-10,12-13,18-19H,5-7,11,14-15H2,1-4H3/t18-,19-/m0/s1. The zero-order valence-electron chi connectivity index (χ0n) is 15.0. The first-order chi connectivity index (χ1) is 11.1. The first-order valence-electron chi connectivity index (χ1n) is 8.65. The molecule has 0 aromatic heterocycles. The number of carbonyl (C=O) groups excluding carboxylic acids is 1. The largest absolute Gasteiger partial charge is 0.458 e. The smallest absolute Gasteiger partial charge is 0.303 e. The highest BCUT2D eigenvalue weighted by atomic mass is 16.6. The van der Waals surface area contributed by atoms with Crippen LogP contribution in [-0.4, -0.2) is 42.7 Å². The zero-order valence-corrected chi connectivity index (χ0v) is 15.0. The van der Waals surface area contributed by atoms with Gasteiger partial charge in [0.25, 0.3) is 0 Å². The number of likely N-dealkylation sites (N-methyl/N-ethyl adjacent to an activating group) is 1. The maximum Gasteiger partial charge on any atom is 0.303 e. The molecular formula is C19H31NO3. The van der Waals surface area contributed by atoms with Crippen LogP contribution in [0.4, 0.5) is 0 Å². The molecule has 0 bridgehead atoms. The van der Waals surface area contributed by atoms with E-state index in [4.69, 9.17) is 9.47 Å². The Kier molecular flexibility index (Phi) is 9.57. The van der Waals surface area contributed by atoms with Gasteiger partial charge in [0.1, 0.15) is 6.10 Å². The topological polar surface area (TPSA) is 38.8 Å². The Hall–Kier alpha value is -1.39. The van der Waals surface area contributed by atoms with Crippen molar-refractivity contribution in [2.75, 3.05) is 19.7 Å². The van der Waals surface area contributed by atoms with Crippen LogP contribution >= 0.6 is 0 Å². The van der Waals surface area contributed by atoms with Crippen LogP contribution in [0, 0.1) is 0 Å². The number of rotatable bonds is 11. The van der Waals surface area contributed by atoms with Gasteiger partial charge in [0.2, 0.25) is 0 Å². The molecule has 0 spiro atoms. The number of hydrogen-bond acceptors (Lipinski definition) is 4. The molecule has 0 fully saturated rings. The fourth-order valence-corrected chi connectivity index (χ4v) is 2.90. The van der Waals surface area contributed by atoms with Crippen LogP contribution < -0.4 is 0 Å². The Balaban J connectivity index is 2.69. The minimum atomic E-state index is -0.244. The maximum atomic E-state index is 11.5. The van der Waals surface area contributed by atoms with Crippen molar-refractivity contribution in [2.45, 2.75) is 59.3 Å². The van der Waals surface area contributed by atoms with Gasteiger partial charge in [-0.3, -0.25) is 9.69 Å². The quantitative estimate of drug-likeness (QED) is 0.583. The van der Waals surface area contributed by atoms with Crippen LogP contribution in [0.5, 0.6) is 0 Å². The minimum Gasteiger partial charge on any atom is -0.458 e. The SMILES string of the molecule is CCC[C@@H]([C@H](COCc1ccccc1)OC(C)=O)N(CC)CC. The van der Waals surface area contributed by atoms with Crippen molar-refractivity contribution in [3.8, 4) is 0 Å². The fourth-order valence-electron chi connectivity index (χ4n) is 2.90. The van der Waals surface area contributed by atoms with Gasteiger partial charge in [-0.15, -0.1) is 0 Å². The summed E-state index contributed by atoms with van der Waals surface area (Å²) in [6.07, 6.45) is 1.82.